The van der Waals surface area contributed by atoms with Crippen molar-refractivity contribution in [1.82, 2.24) is 15.5 Å². The van der Waals surface area contributed by atoms with Crippen molar-refractivity contribution in [3.05, 3.63) is 71.3 Å². The van der Waals surface area contributed by atoms with E-state index in [2.05, 4.69) is 16.6 Å². The van der Waals surface area contributed by atoms with E-state index in [1.807, 2.05) is 30.3 Å². The van der Waals surface area contributed by atoms with Crippen molar-refractivity contribution in [2.75, 3.05) is 13.2 Å². The molecule has 1 aliphatic rings. The highest BCUT2D eigenvalue weighted by Gasteiger charge is 2.44. The first-order valence-electron chi connectivity index (χ1n) is 13.9. The van der Waals surface area contributed by atoms with Crippen molar-refractivity contribution >= 4 is 23.9 Å². The van der Waals surface area contributed by atoms with Gasteiger partial charge in [0.25, 0.3) is 0 Å². The summed E-state index contributed by atoms with van der Waals surface area (Å²) in [6, 6.07) is 13.9. The van der Waals surface area contributed by atoms with Crippen LogP contribution >= 0.6 is 0 Å². The van der Waals surface area contributed by atoms with Gasteiger partial charge in [0, 0.05) is 24.6 Å². The Morgan fingerprint density at radius 2 is 1.71 bits per heavy atom. The number of nitrogens with zero attached hydrogens (tertiary/aromatic N) is 1. The molecule has 3 amide bonds. The lowest BCUT2D eigenvalue weighted by atomic mass is 9.96. The lowest BCUT2D eigenvalue weighted by Gasteiger charge is -2.35. The van der Waals surface area contributed by atoms with E-state index >= 15 is 0 Å². The maximum Gasteiger partial charge on any atom is 0.408 e. The summed E-state index contributed by atoms with van der Waals surface area (Å²) in [4.78, 5) is 54.4. The quantitative estimate of drug-likeness (QED) is 0.300. The molecule has 1 aliphatic carbocycles. The first-order chi connectivity index (χ1) is 19.5. The summed E-state index contributed by atoms with van der Waals surface area (Å²) in [7, 11) is 0. The Labute approximate surface area is 242 Å². The number of esters is 1. The topological polar surface area (TPSA) is 114 Å². The second-order valence-corrected chi connectivity index (χ2v) is 10.8. The zero-order valence-corrected chi connectivity index (χ0v) is 24.1. The molecule has 1 saturated carbocycles. The number of nitrogens with one attached hydrogen (secondary N) is 2. The number of alkyl carbamates (subject to hydrolysis) is 1. The molecule has 1 fully saturated rings. The molecule has 0 aromatic heterocycles. The van der Waals surface area contributed by atoms with Crippen molar-refractivity contribution < 1.29 is 28.7 Å². The highest BCUT2D eigenvalue weighted by atomic mass is 16.6. The number of amides is 3. The summed E-state index contributed by atoms with van der Waals surface area (Å²) >= 11 is 0. The van der Waals surface area contributed by atoms with Gasteiger partial charge in [0.05, 0.1) is 13.0 Å². The van der Waals surface area contributed by atoms with Crippen molar-refractivity contribution in [3.8, 4) is 12.3 Å². The monoisotopic (exact) mass is 561 g/mol. The normalized spacial score (nSPS) is 14.1. The van der Waals surface area contributed by atoms with Crippen LogP contribution < -0.4 is 10.6 Å². The SMILES string of the molecule is C#Cc1ccccc1C(C(=O)NCCC(=O)OCC)N(C(=O)C(Cc1ccccc1)NC(=O)OC(C)(C)C)C1CC1. The first-order valence-corrected chi connectivity index (χ1v) is 13.9. The number of benzene rings is 2. The molecule has 9 nitrogen and oxygen atoms in total. The van der Waals surface area contributed by atoms with E-state index < -0.39 is 41.6 Å². The molecule has 2 aromatic carbocycles. The second kappa shape index (κ2) is 14.4. The predicted molar refractivity (Wildman–Crippen MR) is 155 cm³/mol. The second-order valence-electron chi connectivity index (χ2n) is 10.8. The molecule has 218 valence electrons. The number of carbonyl (C=O) groups excluding carboxylic acids is 4. The summed E-state index contributed by atoms with van der Waals surface area (Å²) in [5.41, 5.74) is 1.01. The van der Waals surface area contributed by atoms with Crippen LogP contribution in [0.25, 0.3) is 0 Å². The van der Waals surface area contributed by atoms with E-state index in [9.17, 15) is 19.2 Å². The van der Waals surface area contributed by atoms with E-state index in [0.29, 0.717) is 24.0 Å². The van der Waals surface area contributed by atoms with Gasteiger partial charge in [-0.2, -0.15) is 0 Å². The predicted octanol–water partition coefficient (Wildman–Crippen LogP) is 3.91. The van der Waals surface area contributed by atoms with Gasteiger partial charge in [-0.05, 0) is 57.7 Å². The van der Waals surface area contributed by atoms with Crippen molar-refractivity contribution in [3.63, 3.8) is 0 Å². The molecular weight excluding hydrogens is 522 g/mol. The van der Waals surface area contributed by atoms with Crippen LogP contribution in [-0.4, -0.2) is 59.6 Å². The van der Waals surface area contributed by atoms with Crippen LogP contribution in [0.15, 0.2) is 54.6 Å². The number of carbonyl (C=O) groups is 4. The Balaban J connectivity index is 1.98. The summed E-state index contributed by atoms with van der Waals surface area (Å²) in [5, 5.41) is 5.53. The van der Waals surface area contributed by atoms with Crippen LogP contribution in [0, 0.1) is 12.3 Å². The van der Waals surface area contributed by atoms with Gasteiger partial charge < -0.3 is 25.0 Å². The van der Waals surface area contributed by atoms with E-state index in [0.717, 1.165) is 5.56 Å². The highest BCUT2D eigenvalue weighted by molar-refractivity contribution is 5.93. The van der Waals surface area contributed by atoms with Gasteiger partial charge in [0.1, 0.15) is 17.7 Å². The van der Waals surface area contributed by atoms with Crippen LogP contribution in [-0.2, 0) is 30.3 Å². The summed E-state index contributed by atoms with van der Waals surface area (Å²) in [5.74, 6) is 1.27. The van der Waals surface area contributed by atoms with Gasteiger partial charge in [-0.15, -0.1) is 6.42 Å². The molecule has 0 heterocycles. The Morgan fingerprint density at radius 3 is 2.32 bits per heavy atom. The third-order valence-electron chi connectivity index (χ3n) is 6.34. The van der Waals surface area contributed by atoms with E-state index in [-0.39, 0.29) is 32.0 Å². The summed E-state index contributed by atoms with van der Waals surface area (Å²) in [6.07, 6.45) is 6.63. The Hall–Kier alpha value is -4.32. The fourth-order valence-corrected chi connectivity index (χ4v) is 4.45. The number of hydrogen-bond acceptors (Lipinski definition) is 6. The van der Waals surface area contributed by atoms with Gasteiger partial charge in [-0.3, -0.25) is 14.4 Å². The van der Waals surface area contributed by atoms with E-state index in [1.54, 1.807) is 52.0 Å². The fraction of sp³-hybridized carbons (Fsp3) is 0.438. The molecule has 0 bridgehead atoms. The molecule has 0 radical (unpaired) electrons. The minimum atomic E-state index is -1.08. The number of ether oxygens (including phenoxy) is 2. The zero-order valence-electron chi connectivity index (χ0n) is 24.1. The minimum absolute atomic E-state index is 0.0166. The smallest absolute Gasteiger partial charge is 0.408 e. The third kappa shape index (κ3) is 9.38. The molecule has 2 N–H and O–H groups in total. The maximum absolute atomic E-state index is 14.4. The third-order valence-corrected chi connectivity index (χ3v) is 6.34. The van der Waals surface area contributed by atoms with Crippen molar-refractivity contribution in [1.29, 1.82) is 0 Å². The van der Waals surface area contributed by atoms with Crippen LogP contribution in [0.5, 0.6) is 0 Å². The minimum Gasteiger partial charge on any atom is -0.466 e. The average molecular weight is 562 g/mol. The van der Waals surface area contributed by atoms with Crippen LogP contribution in [0.4, 0.5) is 4.79 Å². The first kappa shape index (κ1) is 31.2. The molecule has 2 aromatic rings. The molecule has 2 unspecified atom stereocenters. The average Bonchev–Trinajstić information content (AvgIpc) is 3.76. The maximum atomic E-state index is 14.4. The molecular formula is C32H39N3O6. The molecule has 2 atom stereocenters. The largest absolute Gasteiger partial charge is 0.466 e. The van der Waals surface area contributed by atoms with Gasteiger partial charge in [-0.1, -0.05) is 54.5 Å². The number of hydrogen-bond donors (Lipinski definition) is 2. The molecule has 0 saturated heterocycles. The Kier molecular flexibility index (Phi) is 10.9. The molecule has 0 spiro atoms. The molecule has 41 heavy (non-hydrogen) atoms. The van der Waals surface area contributed by atoms with Crippen LogP contribution in [0.2, 0.25) is 0 Å². The molecule has 9 heteroatoms. The fourth-order valence-electron chi connectivity index (χ4n) is 4.45. The molecule has 0 aliphatic heterocycles. The van der Waals surface area contributed by atoms with E-state index in [1.165, 1.54) is 4.90 Å². The Bertz CT molecular complexity index is 1260. The van der Waals surface area contributed by atoms with Crippen molar-refractivity contribution in [2.45, 2.75) is 77.1 Å². The highest BCUT2D eigenvalue weighted by Crippen LogP contribution is 2.36. The number of rotatable bonds is 12. The summed E-state index contributed by atoms with van der Waals surface area (Å²) < 4.78 is 10.4. The van der Waals surface area contributed by atoms with Gasteiger partial charge in [0.2, 0.25) is 11.8 Å². The summed E-state index contributed by atoms with van der Waals surface area (Å²) in [6.45, 7) is 7.20. The van der Waals surface area contributed by atoms with Gasteiger partial charge in [0.15, 0.2) is 0 Å². The van der Waals surface area contributed by atoms with Crippen LogP contribution in [0.3, 0.4) is 0 Å². The standard InChI is InChI=1S/C32H39N3O6/c1-6-23-15-11-12-16-25(23)28(29(37)33-20-19-27(36)40-7-2)35(24-17-18-24)30(38)26(21-22-13-9-8-10-14-22)34-31(39)41-32(3,4)5/h1,8-16,24,26,28H,7,17-21H2,2-5H3,(H,33,37)(H,34,39). The Morgan fingerprint density at radius 1 is 1.05 bits per heavy atom. The lowest BCUT2D eigenvalue weighted by Crippen LogP contribution is -2.54. The van der Waals surface area contributed by atoms with Gasteiger partial charge >= 0.3 is 12.1 Å². The lowest BCUT2D eigenvalue weighted by molar-refractivity contribution is -0.144. The molecule has 3 rings (SSSR count). The van der Waals surface area contributed by atoms with E-state index in [4.69, 9.17) is 15.9 Å². The number of terminal acetylenes is 1. The van der Waals surface area contributed by atoms with Crippen LogP contribution in [0.1, 0.15) is 69.7 Å². The van der Waals surface area contributed by atoms with Crippen molar-refractivity contribution in [2.24, 2.45) is 0 Å². The van der Waals surface area contributed by atoms with Gasteiger partial charge in [-0.25, -0.2) is 4.79 Å². The zero-order chi connectivity index (χ0) is 30.0.